The van der Waals surface area contributed by atoms with Gasteiger partial charge in [0, 0.05) is 33.5 Å². The summed E-state index contributed by atoms with van der Waals surface area (Å²) in [5.74, 6) is -1.25. The minimum absolute atomic E-state index is 0.118. The van der Waals surface area contributed by atoms with E-state index in [1.807, 2.05) is 13.8 Å². The zero-order chi connectivity index (χ0) is 18.1. The highest BCUT2D eigenvalue weighted by Gasteiger charge is 2.52. The van der Waals surface area contributed by atoms with Crippen LogP contribution in [0.25, 0.3) is 0 Å². The molecule has 3 amide bonds. The molecule has 1 atom stereocenters. The van der Waals surface area contributed by atoms with E-state index in [1.165, 1.54) is 25.2 Å². The fourth-order valence-corrected chi connectivity index (χ4v) is 3.18. The maximum absolute atomic E-state index is 13.7. The third-order valence-corrected chi connectivity index (χ3v) is 4.44. The maximum atomic E-state index is 13.7. The topological polar surface area (TPSA) is 57.7 Å². The van der Waals surface area contributed by atoms with Crippen molar-refractivity contribution >= 4 is 17.7 Å². The Morgan fingerprint density at radius 2 is 2.04 bits per heavy atom. The van der Waals surface area contributed by atoms with E-state index in [1.54, 1.807) is 18.0 Å². The van der Waals surface area contributed by atoms with Crippen LogP contribution in [0.5, 0.6) is 0 Å². The van der Waals surface area contributed by atoms with Crippen LogP contribution < -0.4 is 0 Å². The molecule has 0 bridgehead atoms. The van der Waals surface area contributed by atoms with Crippen LogP contribution in [-0.2, 0) is 19.8 Å². The second-order valence-corrected chi connectivity index (χ2v) is 6.87. The van der Waals surface area contributed by atoms with Crippen molar-refractivity contribution in [3.63, 3.8) is 0 Å². The SMILES string of the molecule is CC(C)CN(C)C(=O)C[C@@]1(c2cccc(F)c2)CC(=O)N(C)C1=O. The number of nitrogens with zero attached hydrogens (tertiary/aromatic N) is 2. The molecule has 1 aliphatic rings. The minimum atomic E-state index is -1.32. The van der Waals surface area contributed by atoms with Gasteiger partial charge in [-0.25, -0.2) is 4.39 Å². The molecule has 1 heterocycles. The summed E-state index contributed by atoms with van der Waals surface area (Å²) in [6.07, 6.45) is -0.262. The summed E-state index contributed by atoms with van der Waals surface area (Å²) in [5.41, 5.74) is -0.951. The second kappa shape index (κ2) is 6.71. The molecule has 0 saturated carbocycles. The summed E-state index contributed by atoms with van der Waals surface area (Å²) in [6.45, 7) is 4.53. The maximum Gasteiger partial charge on any atom is 0.240 e. The Hall–Kier alpha value is -2.24. The minimum Gasteiger partial charge on any atom is -0.345 e. The second-order valence-electron chi connectivity index (χ2n) is 6.87. The lowest BCUT2D eigenvalue weighted by molar-refractivity contribution is -0.141. The lowest BCUT2D eigenvalue weighted by Crippen LogP contribution is -2.42. The Morgan fingerprint density at radius 1 is 1.38 bits per heavy atom. The lowest BCUT2D eigenvalue weighted by atomic mass is 9.75. The summed E-state index contributed by atoms with van der Waals surface area (Å²) in [6, 6.07) is 5.60. The molecule has 5 nitrogen and oxygen atoms in total. The Labute approximate surface area is 141 Å². The van der Waals surface area contributed by atoms with Crippen LogP contribution in [0.3, 0.4) is 0 Å². The van der Waals surface area contributed by atoms with Gasteiger partial charge in [0.1, 0.15) is 5.82 Å². The van der Waals surface area contributed by atoms with E-state index in [9.17, 15) is 18.8 Å². The molecular formula is C18H23FN2O3. The van der Waals surface area contributed by atoms with Crippen LogP contribution >= 0.6 is 0 Å². The zero-order valence-corrected chi connectivity index (χ0v) is 14.5. The van der Waals surface area contributed by atoms with Gasteiger partial charge in [0.15, 0.2) is 0 Å². The summed E-state index contributed by atoms with van der Waals surface area (Å²) in [5, 5.41) is 0. The molecule has 6 heteroatoms. The molecule has 1 saturated heterocycles. The fourth-order valence-electron chi connectivity index (χ4n) is 3.18. The summed E-state index contributed by atoms with van der Waals surface area (Å²) in [4.78, 5) is 40.0. The van der Waals surface area contributed by atoms with Crippen molar-refractivity contribution in [2.45, 2.75) is 32.1 Å². The highest BCUT2D eigenvalue weighted by Crippen LogP contribution is 2.39. The van der Waals surface area contributed by atoms with Gasteiger partial charge in [-0.15, -0.1) is 0 Å². The van der Waals surface area contributed by atoms with Crippen molar-refractivity contribution in [1.29, 1.82) is 0 Å². The van der Waals surface area contributed by atoms with Gasteiger partial charge < -0.3 is 4.90 Å². The predicted molar refractivity (Wildman–Crippen MR) is 87.6 cm³/mol. The fraction of sp³-hybridized carbons (Fsp3) is 0.500. The molecule has 1 aliphatic heterocycles. The summed E-state index contributed by atoms with van der Waals surface area (Å²) >= 11 is 0. The van der Waals surface area contributed by atoms with E-state index in [-0.39, 0.29) is 30.6 Å². The molecule has 24 heavy (non-hydrogen) atoms. The highest BCUT2D eigenvalue weighted by atomic mass is 19.1. The number of rotatable bonds is 5. The van der Waals surface area contributed by atoms with Gasteiger partial charge in [-0.1, -0.05) is 26.0 Å². The van der Waals surface area contributed by atoms with Crippen LogP contribution in [-0.4, -0.2) is 48.2 Å². The first-order valence-corrected chi connectivity index (χ1v) is 7.98. The average molecular weight is 334 g/mol. The number of carbonyl (C=O) groups excluding carboxylic acids is 3. The van der Waals surface area contributed by atoms with Gasteiger partial charge in [-0.05, 0) is 23.6 Å². The molecule has 1 aromatic carbocycles. The summed E-state index contributed by atoms with van der Waals surface area (Å²) in [7, 11) is 3.07. The molecule has 130 valence electrons. The van der Waals surface area contributed by atoms with Crippen LogP contribution in [0.15, 0.2) is 24.3 Å². The van der Waals surface area contributed by atoms with Gasteiger partial charge in [-0.2, -0.15) is 0 Å². The smallest absolute Gasteiger partial charge is 0.240 e. The Balaban J connectivity index is 2.40. The molecule has 0 aromatic heterocycles. The van der Waals surface area contributed by atoms with Crippen molar-refractivity contribution in [3.05, 3.63) is 35.6 Å². The number of amides is 3. The third-order valence-electron chi connectivity index (χ3n) is 4.44. The molecule has 1 aromatic rings. The van der Waals surface area contributed by atoms with Crippen molar-refractivity contribution < 1.29 is 18.8 Å². The Morgan fingerprint density at radius 3 is 2.54 bits per heavy atom. The van der Waals surface area contributed by atoms with Crippen LogP contribution in [0, 0.1) is 11.7 Å². The number of hydrogen-bond acceptors (Lipinski definition) is 3. The van der Waals surface area contributed by atoms with Crippen LogP contribution in [0.1, 0.15) is 32.3 Å². The van der Waals surface area contributed by atoms with Gasteiger partial charge in [0.25, 0.3) is 0 Å². The molecular weight excluding hydrogens is 311 g/mol. The Bertz CT molecular complexity index is 674. The number of carbonyl (C=O) groups is 3. The number of likely N-dealkylation sites (tertiary alicyclic amines) is 1. The highest BCUT2D eigenvalue weighted by molar-refractivity contribution is 6.10. The molecule has 2 rings (SSSR count). The van der Waals surface area contributed by atoms with E-state index in [0.29, 0.717) is 12.1 Å². The van der Waals surface area contributed by atoms with Crippen LogP contribution in [0.4, 0.5) is 4.39 Å². The first-order valence-electron chi connectivity index (χ1n) is 7.98. The molecule has 0 radical (unpaired) electrons. The van der Waals surface area contributed by atoms with E-state index in [0.717, 1.165) is 4.90 Å². The molecule has 1 fully saturated rings. The summed E-state index contributed by atoms with van der Waals surface area (Å²) < 4.78 is 13.7. The van der Waals surface area contributed by atoms with Crippen molar-refractivity contribution in [3.8, 4) is 0 Å². The number of hydrogen-bond donors (Lipinski definition) is 0. The van der Waals surface area contributed by atoms with E-state index < -0.39 is 17.1 Å². The molecule has 0 aliphatic carbocycles. The molecule has 0 N–H and O–H groups in total. The normalized spacial score (nSPS) is 20.8. The zero-order valence-electron chi connectivity index (χ0n) is 14.5. The van der Waals surface area contributed by atoms with Crippen molar-refractivity contribution in [2.75, 3.05) is 20.6 Å². The number of imide groups is 1. The molecule has 0 spiro atoms. The largest absolute Gasteiger partial charge is 0.345 e. The number of likely N-dealkylation sites (N-methyl/N-ethyl adjacent to an activating group) is 1. The van der Waals surface area contributed by atoms with Crippen LogP contribution in [0.2, 0.25) is 0 Å². The van der Waals surface area contributed by atoms with Gasteiger partial charge in [0.05, 0.1) is 5.41 Å². The third kappa shape index (κ3) is 3.32. The van der Waals surface area contributed by atoms with E-state index in [2.05, 4.69) is 0 Å². The lowest BCUT2D eigenvalue weighted by Gasteiger charge is -2.29. The van der Waals surface area contributed by atoms with Crippen molar-refractivity contribution in [2.24, 2.45) is 5.92 Å². The first-order chi connectivity index (χ1) is 11.2. The average Bonchev–Trinajstić information content (AvgIpc) is 2.71. The molecule has 0 unspecified atom stereocenters. The first kappa shape index (κ1) is 18.1. The number of halogens is 1. The Kier molecular flexibility index (Phi) is 5.06. The monoisotopic (exact) mass is 334 g/mol. The van der Waals surface area contributed by atoms with E-state index in [4.69, 9.17) is 0 Å². The van der Waals surface area contributed by atoms with E-state index >= 15 is 0 Å². The van der Waals surface area contributed by atoms with Crippen molar-refractivity contribution in [1.82, 2.24) is 9.80 Å². The number of benzene rings is 1. The van der Waals surface area contributed by atoms with Gasteiger partial charge in [0.2, 0.25) is 17.7 Å². The predicted octanol–water partition coefficient (Wildman–Crippen LogP) is 1.96. The standard InChI is InChI=1S/C18H23FN2O3/c1-12(2)11-20(3)15(22)9-18(10-16(23)21(4)17(18)24)13-6-5-7-14(19)8-13/h5-8,12H,9-11H2,1-4H3/t18-/m0/s1. The van der Waals surface area contributed by atoms with Gasteiger partial charge in [-0.3, -0.25) is 19.3 Å². The quantitative estimate of drug-likeness (QED) is 0.774. The van der Waals surface area contributed by atoms with Gasteiger partial charge >= 0.3 is 0 Å².